The van der Waals surface area contributed by atoms with Gasteiger partial charge in [0.15, 0.2) is 0 Å². The van der Waals surface area contributed by atoms with Crippen LogP contribution in [0.2, 0.25) is 0 Å². The molecule has 0 radical (unpaired) electrons. The smallest absolute Gasteiger partial charge is 0.255 e. The van der Waals surface area contributed by atoms with Crippen molar-refractivity contribution in [1.29, 1.82) is 0 Å². The maximum atomic E-state index is 12.8. The summed E-state index contributed by atoms with van der Waals surface area (Å²) in [6.45, 7) is 3.02. The third-order valence-electron chi connectivity index (χ3n) is 4.66. The maximum absolute atomic E-state index is 12.8. The number of amides is 1. The fraction of sp³-hybridized carbons (Fsp3) is 0.588. The van der Waals surface area contributed by atoms with Gasteiger partial charge in [-0.05, 0) is 37.6 Å². The first kappa shape index (κ1) is 21.9. The summed E-state index contributed by atoms with van der Waals surface area (Å²) in [4.78, 5) is 12.8. The molecular weight excluding hydrogens is 394 g/mol. The minimum Gasteiger partial charge on any atom is -0.496 e. The first-order valence-corrected chi connectivity index (χ1v) is 10.2. The summed E-state index contributed by atoms with van der Waals surface area (Å²) < 4.78 is 37.5. The van der Waals surface area contributed by atoms with Gasteiger partial charge in [0, 0.05) is 25.7 Å². The van der Waals surface area contributed by atoms with E-state index in [1.165, 1.54) is 29.6 Å². The molecule has 2 heterocycles. The highest BCUT2D eigenvalue weighted by Gasteiger charge is 2.28. The Bertz CT molecular complexity index is 747. The highest BCUT2D eigenvalue weighted by molar-refractivity contribution is 7.89. The number of ether oxygens (including phenoxy) is 2. The Morgan fingerprint density at radius 2 is 2.07 bits per heavy atom. The second-order valence-electron chi connectivity index (χ2n) is 6.40. The Hall–Kier alpha value is -1.39. The topological polar surface area (TPSA) is 97.0 Å². The van der Waals surface area contributed by atoms with Crippen molar-refractivity contribution >= 4 is 28.3 Å². The van der Waals surface area contributed by atoms with Crippen molar-refractivity contribution < 1.29 is 22.7 Å². The van der Waals surface area contributed by atoms with E-state index in [4.69, 9.17) is 9.47 Å². The lowest BCUT2D eigenvalue weighted by Crippen LogP contribution is -2.45. The maximum Gasteiger partial charge on any atom is 0.255 e. The van der Waals surface area contributed by atoms with Gasteiger partial charge in [-0.2, -0.15) is 4.31 Å². The Labute approximate surface area is 166 Å². The standard InChI is InChI=1S/C17H25N3O5S.ClH/c1-24-16-5-4-14(26(22,23)20-7-9-25-10-8-20)11-15(16)17(21)19-13-3-2-6-18-12-13;/h4-5,11,13,18H,2-3,6-10,12H2,1H3,(H,19,21);1H. The molecule has 0 spiro atoms. The molecule has 2 fully saturated rings. The molecule has 8 nitrogen and oxygen atoms in total. The second-order valence-corrected chi connectivity index (χ2v) is 8.33. The van der Waals surface area contributed by atoms with E-state index in [0.717, 1.165) is 19.4 Å². The normalized spacial score (nSPS) is 21.1. The van der Waals surface area contributed by atoms with Gasteiger partial charge in [0.05, 0.1) is 30.8 Å². The molecule has 2 N–H and O–H groups in total. The molecule has 0 aromatic heterocycles. The number of nitrogens with one attached hydrogen (secondary N) is 2. The number of hydrogen-bond donors (Lipinski definition) is 2. The summed E-state index contributed by atoms with van der Waals surface area (Å²) in [5.74, 6) is 0.0294. The van der Waals surface area contributed by atoms with Gasteiger partial charge in [-0.25, -0.2) is 8.42 Å². The summed E-state index contributed by atoms with van der Waals surface area (Å²) in [5.41, 5.74) is 0.229. The van der Waals surface area contributed by atoms with Crippen LogP contribution in [0.3, 0.4) is 0 Å². The molecule has 2 aliphatic rings. The highest BCUT2D eigenvalue weighted by Crippen LogP contribution is 2.25. The number of morpholine rings is 1. The van der Waals surface area contributed by atoms with Crippen LogP contribution in [0.4, 0.5) is 0 Å². The molecule has 0 bridgehead atoms. The van der Waals surface area contributed by atoms with Crippen LogP contribution in [-0.4, -0.2) is 71.2 Å². The van der Waals surface area contributed by atoms with E-state index in [1.54, 1.807) is 0 Å². The molecular formula is C17H26ClN3O5S. The van der Waals surface area contributed by atoms with Gasteiger partial charge in [0.2, 0.25) is 10.0 Å². The Balaban J connectivity index is 0.00000261. The summed E-state index contributed by atoms with van der Waals surface area (Å²) in [7, 11) is -2.21. The highest BCUT2D eigenvalue weighted by atomic mass is 35.5. The molecule has 10 heteroatoms. The quantitative estimate of drug-likeness (QED) is 0.726. The van der Waals surface area contributed by atoms with Crippen molar-refractivity contribution in [1.82, 2.24) is 14.9 Å². The summed E-state index contributed by atoms with van der Waals surface area (Å²) >= 11 is 0. The molecule has 0 saturated carbocycles. The first-order valence-electron chi connectivity index (χ1n) is 8.80. The lowest BCUT2D eigenvalue weighted by Gasteiger charge is -2.26. The minimum absolute atomic E-state index is 0. The third-order valence-corrected chi connectivity index (χ3v) is 6.55. The predicted octanol–water partition coefficient (Wildman–Crippen LogP) is 0.620. The van der Waals surface area contributed by atoms with Gasteiger partial charge in [-0.1, -0.05) is 0 Å². The number of hydrogen-bond acceptors (Lipinski definition) is 6. The zero-order valence-corrected chi connectivity index (χ0v) is 16.9. The number of nitrogens with zero attached hydrogens (tertiary/aromatic N) is 1. The van der Waals surface area contributed by atoms with Crippen LogP contribution in [0.15, 0.2) is 23.1 Å². The lowest BCUT2D eigenvalue weighted by molar-refractivity contribution is 0.0730. The van der Waals surface area contributed by atoms with Crippen molar-refractivity contribution in [2.24, 2.45) is 0 Å². The molecule has 1 aromatic rings. The molecule has 1 atom stereocenters. The van der Waals surface area contributed by atoms with Crippen LogP contribution in [0.1, 0.15) is 23.2 Å². The van der Waals surface area contributed by atoms with E-state index in [9.17, 15) is 13.2 Å². The van der Waals surface area contributed by atoms with Crippen molar-refractivity contribution in [3.8, 4) is 5.75 Å². The molecule has 1 amide bonds. The molecule has 2 aliphatic heterocycles. The number of benzene rings is 1. The second kappa shape index (κ2) is 9.70. The van der Waals surface area contributed by atoms with Crippen LogP contribution in [0, 0.1) is 0 Å². The van der Waals surface area contributed by atoms with E-state index in [1.807, 2.05) is 0 Å². The Morgan fingerprint density at radius 1 is 1.33 bits per heavy atom. The summed E-state index contributed by atoms with van der Waals surface area (Å²) in [6, 6.07) is 4.43. The predicted molar refractivity (Wildman–Crippen MR) is 103 cm³/mol. The van der Waals surface area contributed by atoms with Crippen molar-refractivity contribution in [2.45, 2.75) is 23.8 Å². The van der Waals surface area contributed by atoms with E-state index in [2.05, 4.69) is 10.6 Å². The fourth-order valence-electron chi connectivity index (χ4n) is 3.20. The average molecular weight is 420 g/mol. The molecule has 1 unspecified atom stereocenters. The molecule has 3 rings (SSSR count). The van der Waals surface area contributed by atoms with Crippen LogP contribution in [-0.2, 0) is 14.8 Å². The largest absolute Gasteiger partial charge is 0.496 e. The van der Waals surface area contributed by atoms with E-state index in [-0.39, 0.29) is 34.8 Å². The molecule has 2 saturated heterocycles. The molecule has 27 heavy (non-hydrogen) atoms. The van der Waals surface area contributed by atoms with Gasteiger partial charge >= 0.3 is 0 Å². The molecule has 1 aromatic carbocycles. The van der Waals surface area contributed by atoms with Gasteiger partial charge in [0.25, 0.3) is 5.91 Å². The number of halogens is 1. The first-order chi connectivity index (χ1) is 12.5. The van der Waals surface area contributed by atoms with Gasteiger partial charge in [0.1, 0.15) is 5.75 Å². The zero-order valence-electron chi connectivity index (χ0n) is 15.3. The monoisotopic (exact) mass is 419 g/mol. The van der Waals surface area contributed by atoms with Gasteiger partial charge < -0.3 is 20.1 Å². The van der Waals surface area contributed by atoms with Crippen molar-refractivity contribution in [3.05, 3.63) is 23.8 Å². The van der Waals surface area contributed by atoms with Crippen LogP contribution in [0.25, 0.3) is 0 Å². The molecule has 0 aliphatic carbocycles. The zero-order chi connectivity index (χ0) is 18.6. The van der Waals surface area contributed by atoms with E-state index >= 15 is 0 Å². The third kappa shape index (κ3) is 5.11. The van der Waals surface area contributed by atoms with Crippen LogP contribution < -0.4 is 15.4 Å². The van der Waals surface area contributed by atoms with Crippen molar-refractivity contribution in [2.75, 3.05) is 46.5 Å². The minimum atomic E-state index is -3.67. The lowest BCUT2D eigenvalue weighted by atomic mass is 10.1. The summed E-state index contributed by atoms with van der Waals surface area (Å²) in [5, 5.41) is 6.20. The number of carbonyl (C=O) groups excluding carboxylic acids is 1. The summed E-state index contributed by atoms with van der Waals surface area (Å²) in [6.07, 6.45) is 1.89. The Morgan fingerprint density at radius 3 is 2.70 bits per heavy atom. The molecule has 152 valence electrons. The number of methoxy groups -OCH3 is 1. The van der Waals surface area contributed by atoms with Crippen LogP contribution in [0.5, 0.6) is 5.75 Å². The average Bonchev–Trinajstić information content (AvgIpc) is 2.69. The number of piperidine rings is 1. The number of rotatable bonds is 5. The van der Waals surface area contributed by atoms with Crippen molar-refractivity contribution in [3.63, 3.8) is 0 Å². The SMILES string of the molecule is COc1ccc(S(=O)(=O)N2CCOCC2)cc1C(=O)NC1CCCNC1.Cl. The van der Waals surface area contributed by atoms with Gasteiger partial charge in [-0.15, -0.1) is 12.4 Å². The number of carbonyl (C=O) groups is 1. The van der Waals surface area contributed by atoms with E-state index < -0.39 is 10.0 Å². The number of sulfonamides is 1. The van der Waals surface area contributed by atoms with Crippen LogP contribution >= 0.6 is 12.4 Å². The Kier molecular flexibility index (Phi) is 7.87. The van der Waals surface area contributed by atoms with Gasteiger partial charge in [-0.3, -0.25) is 4.79 Å². The van der Waals surface area contributed by atoms with E-state index in [0.29, 0.717) is 38.6 Å². The fourth-order valence-corrected chi connectivity index (χ4v) is 4.63.